The summed E-state index contributed by atoms with van der Waals surface area (Å²) < 4.78 is 0. The number of carbonyl (C=O) groups excluding carboxylic acids is 1. The van der Waals surface area contributed by atoms with Gasteiger partial charge in [-0.3, -0.25) is 4.79 Å². The van der Waals surface area contributed by atoms with Crippen LogP contribution in [-0.4, -0.2) is 34.9 Å². The van der Waals surface area contributed by atoms with E-state index in [0.29, 0.717) is 12.8 Å². The van der Waals surface area contributed by atoms with Gasteiger partial charge in [0.25, 0.3) is 0 Å². The fraction of sp³-hybridized carbons (Fsp3) is 0.820. The van der Waals surface area contributed by atoms with Crippen molar-refractivity contribution < 1.29 is 15.0 Å². The molecule has 0 bridgehead atoms. The third-order valence-electron chi connectivity index (χ3n) is 10.9. The van der Waals surface area contributed by atoms with E-state index in [9.17, 15) is 15.0 Å². The standard InChI is InChI=1S/C50H93NO3/c1-3-5-7-9-11-13-15-17-19-21-23-25-27-29-31-33-35-37-39-41-43-45-49(53)48(47-52)51-50(54)46-44-42-40-38-36-34-32-30-28-26-24-22-20-18-16-14-12-10-8-6-4-2/h6,8,12,14,18,20,24,26,48-49,52-53H,3-5,7,9-11,13,15-17,19,21-23,25,27-47H2,1-2H3,(H,51,54)/b8-6-,14-12-,20-18-,26-24-. The highest BCUT2D eigenvalue weighted by atomic mass is 16.3. The zero-order valence-corrected chi connectivity index (χ0v) is 36.2. The zero-order chi connectivity index (χ0) is 39.3. The van der Waals surface area contributed by atoms with Crippen LogP contribution in [-0.2, 0) is 4.79 Å². The van der Waals surface area contributed by atoms with Crippen LogP contribution in [0.1, 0.15) is 245 Å². The number of carbonyl (C=O) groups is 1. The molecule has 0 aromatic heterocycles. The molecule has 4 nitrogen and oxygen atoms in total. The molecule has 0 saturated heterocycles. The van der Waals surface area contributed by atoms with Crippen LogP contribution in [0.2, 0.25) is 0 Å². The molecule has 4 heteroatoms. The van der Waals surface area contributed by atoms with Gasteiger partial charge in [-0.2, -0.15) is 0 Å². The molecule has 0 aliphatic carbocycles. The van der Waals surface area contributed by atoms with Crippen molar-refractivity contribution in [3.8, 4) is 0 Å². The number of hydrogen-bond donors (Lipinski definition) is 3. The summed E-state index contributed by atoms with van der Waals surface area (Å²) in [6.07, 6.45) is 62.0. The summed E-state index contributed by atoms with van der Waals surface area (Å²) in [6, 6.07) is -0.542. The van der Waals surface area contributed by atoms with E-state index in [-0.39, 0.29) is 12.5 Å². The van der Waals surface area contributed by atoms with E-state index in [1.54, 1.807) is 0 Å². The van der Waals surface area contributed by atoms with Crippen LogP contribution < -0.4 is 5.32 Å². The number of nitrogens with one attached hydrogen (secondary N) is 1. The first-order valence-corrected chi connectivity index (χ1v) is 23.8. The highest BCUT2D eigenvalue weighted by molar-refractivity contribution is 5.76. The Balaban J connectivity index is 3.52. The molecule has 0 aromatic rings. The van der Waals surface area contributed by atoms with Crippen molar-refractivity contribution in [3.05, 3.63) is 48.6 Å². The van der Waals surface area contributed by atoms with E-state index in [0.717, 1.165) is 51.4 Å². The first-order valence-electron chi connectivity index (χ1n) is 23.8. The van der Waals surface area contributed by atoms with Gasteiger partial charge in [-0.15, -0.1) is 0 Å². The lowest BCUT2D eigenvalue weighted by Gasteiger charge is -2.22. The number of unbranched alkanes of at least 4 members (excludes halogenated alkanes) is 28. The minimum absolute atomic E-state index is 0.0391. The van der Waals surface area contributed by atoms with E-state index >= 15 is 0 Å². The van der Waals surface area contributed by atoms with Gasteiger partial charge in [0.05, 0.1) is 18.8 Å². The molecule has 0 aliphatic heterocycles. The second-order valence-electron chi connectivity index (χ2n) is 16.2. The molecule has 0 saturated carbocycles. The maximum absolute atomic E-state index is 12.4. The van der Waals surface area contributed by atoms with Crippen molar-refractivity contribution in [1.29, 1.82) is 0 Å². The fourth-order valence-corrected chi connectivity index (χ4v) is 7.24. The Morgan fingerprint density at radius 1 is 0.463 bits per heavy atom. The number of hydrogen-bond acceptors (Lipinski definition) is 3. The normalized spacial score (nSPS) is 13.3. The van der Waals surface area contributed by atoms with Crippen LogP contribution in [0.5, 0.6) is 0 Å². The van der Waals surface area contributed by atoms with Gasteiger partial charge in [0.15, 0.2) is 0 Å². The topological polar surface area (TPSA) is 69.6 Å². The number of amides is 1. The van der Waals surface area contributed by atoms with E-state index in [4.69, 9.17) is 0 Å². The average Bonchev–Trinajstić information content (AvgIpc) is 3.18. The molecule has 0 aromatic carbocycles. The van der Waals surface area contributed by atoms with Crippen LogP contribution >= 0.6 is 0 Å². The summed E-state index contributed by atoms with van der Waals surface area (Å²) in [7, 11) is 0. The van der Waals surface area contributed by atoms with Crippen LogP contribution in [0.3, 0.4) is 0 Å². The molecule has 0 heterocycles. The molecule has 0 fully saturated rings. The molecular weight excluding hydrogens is 663 g/mol. The van der Waals surface area contributed by atoms with E-state index in [2.05, 4.69) is 67.8 Å². The van der Waals surface area contributed by atoms with E-state index < -0.39 is 12.1 Å². The molecule has 2 unspecified atom stereocenters. The van der Waals surface area contributed by atoms with Gasteiger partial charge in [-0.05, 0) is 51.4 Å². The second-order valence-corrected chi connectivity index (χ2v) is 16.2. The highest BCUT2D eigenvalue weighted by Crippen LogP contribution is 2.16. The third kappa shape index (κ3) is 41.5. The van der Waals surface area contributed by atoms with Crippen molar-refractivity contribution in [2.24, 2.45) is 0 Å². The Bertz CT molecular complexity index is 862. The fourth-order valence-electron chi connectivity index (χ4n) is 7.24. The maximum atomic E-state index is 12.4. The Kier molecular flexibility index (Phi) is 44.3. The average molecular weight is 756 g/mol. The first-order chi connectivity index (χ1) is 26.7. The summed E-state index contributed by atoms with van der Waals surface area (Å²) in [4.78, 5) is 12.4. The van der Waals surface area contributed by atoms with Crippen LogP contribution in [0.4, 0.5) is 0 Å². The van der Waals surface area contributed by atoms with Crippen molar-refractivity contribution in [1.82, 2.24) is 5.32 Å². The van der Waals surface area contributed by atoms with Gasteiger partial charge in [0.2, 0.25) is 5.91 Å². The van der Waals surface area contributed by atoms with E-state index in [1.165, 1.54) is 167 Å². The Hall–Kier alpha value is -1.65. The van der Waals surface area contributed by atoms with Gasteiger partial charge in [-0.1, -0.05) is 236 Å². The number of allylic oxidation sites excluding steroid dienone is 8. The van der Waals surface area contributed by atoms with Gasteiger partial charge >= 0.3 is 0 Å². The third-order valence-corrected chi connectivity index (χ3v) is 10.9. The molecule has 0 aliphatic rings. The molecular formula is C50H93NO3. The van der Waals surface area contributed by atoms with Crippen molar-refractivity contribution in [2.75, 3.05) is 6.61 Å². The van der Waals surface area contributed by atoms with Crippen molar-refractivity contribution >= 4 is 5.91 Å². The smallest absolute Gasteiger partial charge is 0.220 e. The molecule has 0 rings (SSSR count). The van der Waals surface area contributed by atoms with Gasteiger partial charge in [-0.25, -0.2) is 0 Å². The number of rotatable bonds is 43. The lowest BCUT2D eigenvalue weighted by molar-refractivity contribution is -0.123. The molecule has 0 radical (unpaired) electrons. The first kappa shape index (κ1) is 52.3. The maximum Gasteiger partial charge on any atom is 0.220 e. The van der Waals surface area contributed by atoms with Crippen molar-refractivity contribution in [2.45, 2.75) is 257 Å². The molecule has 0 spiro atoms. The Morgan fingerprint density at radius 3 is 1.22 bits per heavy atom. The predicted octanol–water partition coefficient (Wildman–Crippen LogP) is 15.1. The number of aliphatic hydroxyl groups excluding tert-OH is 2. The molecule has 2 atom stereocenters. The van der Waals surface area contributed by atoms with E-state index in [1.807, 2.05) is 0 Å². The Labute approximate surface area is 337 Å². The minimum Gasteiger partial charge on any atom is -0.394 e. The monoisotopic (exact) mass is 756 g/mol. The lowest BCUT2D eigenvalue weighted by atomic mass is 10.0. The quantitative estimate of drug-likeness (QED) is 0.0429. The largest absolute Gasteiger partial charge is 0.394 e. The summed E-state index contributed by atoms with van der Waals surface area (Å²) in [5, 5.41) is 23.2. The van der Waals surface area contributed by atoms with Crippen LogP contribution in [0, 0.1) is 0 Å². The summed E-state index contributed by atoms with van der Waals surface area (Å²) >= 11 is 0. The molecule has 3 N–H and O–H groups in total. The minimum atomic E-state index is -0.665. The molecule has 1 amide bonds. The SMILES string of the molecule is CC/C=C\C/C=C\C/C=C\C/C=C\CCCCCCCCCCC(=O)NC(CO)C(O)CCCCCCCCCCCCCCCCCCCCCCC. The van der Waals surface area contributed by atoms with Crippen LogP contribution in [0.25, 0.3) is 0 Å². The Morgan fingerprint density at radius 2 is 0.815 bits per heavy atom. The van der Waals surface area contributed by atoms with Gasteiger partial charge < -0.3 is 15.5 Å². The zero-order valence-electron chi connectivity index (χ0n) is 36.2. The molecule has 316 valence electrons. The highest BCUT2D eigenvalue weighted by Gasteiger charge is 2.20. The van der Waals surface area contributed by atoms with Gasteiger partial charge in [0, 0.05) is 6.42 Å². The lowest BCUT2D eigenvalue weighted by Crippen LogP contribution is -2.45. The van der Waals surface area contributed by atoms with Gasteiger partial charge in [0.1, 0.15) is 0 Å². The number of aliphatic hydroxyl groups is 2. The van der Waals surface area contributed by atoms with Crippen molar-refractivity contribution in [3.63, 3.8) is 0 Å². The predicted molar refractivity (Wildman–Crippen MR) is 239 cm³/mol. The molecule has 54 heavy (non-hydrogen) atoms. The van der Waals surface area contributed by atoms with Crippen LogP contribution in [0.15, 0.2) is 48.6 Å². The second kappa shape index (κ2) is 45.7. The summed E-state index contributed by atoms with van der Waals surface area (Å²) in [6.45, 7) is 4.26. The summed E-state index contributed by atoms with van der Waals surface area (Å²) in [5.74, 6) is -0.0391. The summed E-state index contributed by atoms with van der Waals surface area (Å²) in [5.41, 5.74) is 0.